The molecule has 7 heteroatoms. The summed E-state index contributed by atoms with van der Waals surface area (Å²) in [4.78, 5) is 12.2. The number of amides is 1. The number of carbonyl (C=O) groups is 1. The van der Waals surface area contributed by atoms with Crippen molar-refractivity contribution in [2.24, 2.45) is 11.3 Å². The molecule has 1 spiro atoms. The molecule has 1 N–H and O–H groups in total. The van der Waals surface area contributed by atoms with Gasteiger partial charge < -0.3 is 5.32 Å². The lowest BCUT2D eigenvalue weighted by molar-refractivity contribution is -0.118. The zero-order valence-corrected chi connectivity index (χ0v) is 12.8. The normalized spacial score (nSPS) is 25.5. The van der Waals surface area contributed by atoms with Crippen LogP contribution in [0.2, 0.25) is 5.02 Å². The van der Waals surface area contributed by atoms with Crippen molar-refractivity contribution in [3.63, 3.8) is 0 Å². The highest BCUT2D eigenvalue weighted by molar-refractivity contribution is 7.91. The lowest BCUT2D eigenvalue weighted by Gasteiger charge is -2.22. The van der Waals surface area contributed by atoms with Crippen LogP contribution in [-0.4, -0.2) is 25.8 Å². The summed E-state index contributed by atoms with van der Waals surface area (Å²) < 4.78 is 36.2. The minimum atomic E-state index is -2.93. The summed E-state index contributed by atoms with van der Waals surface area (Å²) in [7, 11) is -2.93. The molecule has 1 aliphatic heterocycles. The van der Waals surface area contributed by atoms with Crippen molar-refractivity contribution in [3.8, 4) is 0 Å². The van der Waals surface area contributed by atoms with Crippen LogP contribution in [0.3, 0.4) is 0 Å². The first kappa shape index (κ1) is 14.8. The maximum absolute atomic E-state index is 13.3. The SMILES string of the molecule is O=C(Nc1ccc(Cl)c(F)c1)[C@H]1CC12CCS(=O)(=O)CC2. The van der Waals surface area contributed by atoms with Crippen molar-refractivity contribution in [3.05, 3.63) is 29.0 Å². The van der Waals surface area contributed by atoms with E-state index in [0.717, 1.165) is 0 Å². The van der Waals surface area contributed by atoms with Gasteiger partial charge in [-0.2, -0.15) is 0 Å². The summed E-state index contributed by atoms with van der Waals surface area (Å²) >= 11 is 5.59. The van der Waals surface area contributed by atoms with Crippen molar-refractivity contribution in [2.45, 2.75) is 19.3 Å². The molecule has 21 heavy (non-hydrogen) atoms. The van der Waals surface area contributed by atoms with Crippen LogP contribution in [0.4, 0.5) is 10.1 Å². The van der Waals surface area contributed by atoms with Crippen molar-refractivity contribution in [2.75, 3.05) is 16.8 Å². The average molecular weight is 332 g/mol. The number of nitrogens with one attached hydrogen (secondary N) is 1. The van der Waals surface area contributed by atoms with Gasteiger partial charge in [-0.15, -0.1) is 0 Å². The summed E-state index contributed by atoms with van der Waals surface area (Å²) in [5.41, 5.74) is 0.202. The van der Waals surface area contributed by atoms with Crippen LogP contribution < -0.4 is 5.32 Å². The highest BCUT2D eigenvalue weighted by Gasteiger charge is 2.59. The molecule has 1 atom stereocenters. The molecule has 1 aromatic rings. The van der Waals surface area contributed by atoms with Crippen molar-refractivity contribution in [1.82, 2.24) is 0 Å². The maximum atomic E-state index is 13.3. The number of anilines is 1. The van der Waals surface area contributed by atoms with Crippen molar-refractivity contribution in [1.29, 1.82) is 0 Å². The second-order valence-corrected chi connectivity index (χ2v) is 8.60. The van der Waals surface area contributed by atoms with Gasteiger partial charge in [-0.05, 0) is 42.9 Å². The highest BCUT2D eigenvalue weighted by atomic mass is 35.5. The number of hydrogen-bond acceptors (Lipinski definition) is 3. The monoisotopic (exact) mass is 331 g/mol. The predicted octanol–water partition coefficient (Wildman–Crippen LogP) is 2.63. The Hall–Kier alpha value is -1.14. The Labute approximate surface area is 127 Å². The molecule has 0 unspecified atom stereocenters. The molecule has 2 aliphatic rings. The van der Waals surface area contributed by atoms with Crippen LogP contribution >= 0.6 is 11.6 Å². The largest absolute Gasteiger partial charge is 0.326 e. The predicted molar refractivity (Wildman–Crippen MR) is 78.5 cm³/mol. The molecule has 0 radical (unpaired) electrons. The first-order valence-electron chi connectivity index (χ1n) is 6.78. The Bertz CT molecular complexity index is 690. The molecule has 1 saturated carbocycles. The molecule has 3 rings (SSSR count). The Morgan fingerprint density at radius 1 is 1.33 bits per heavy atom. The fraction of sp³-hybridized carbons (Fsp3) is 0.500. The summed E-state index contributed by atoms with van der Waals surface area (Å²) in [5, 5.41) is 2.68. The molecule has 4 nitrogen and oxygen atoms in total. The van der Waals surface area contributed by atoms with Gasteiger partial charge in [-0.25, -0.2) is 12.8 Å². The van der Waals surface area contributed by atoms with Crippen LogP contribution in [0.1, 0.15) is 19.3 Å². The maximum Gasteiger partial charge on any atom is 0.228 e. The van der Waals surface area contributed by atoms with Gasteiger partial charge in [0.25, 0.3) is 0 Å². The molecule has 1 heterocycles. The number of carbonyl (C=O) groups excluding carboxylic acids is 1. The van der Waals surface area contributed by atoms with E-state index in [4.69, 9.17) is 11.6 Å². The quantitative estimate of drug-likeness (QED) is 0.906. The van der Waals surface area contributed by atoms with Gasteiger partial charge in [0.2, 0.25) is 5.91 Å². The first-order valence-corrected chi connectivity index (χ1v) is 8.98. The van der Waals surface area contributed by atoms with Gasteiger partial charge >= 0.3 is 0 Å². The van der Waals surface area contributed by atoms with E-state index in [0.29, 0.717) is 24.9 Å². The van der Waals surface area contributed by atoms with E-state index in [1.807, 2.05) is 0 Å². The van der Waals surface area contributed by atoms with E-state index < -0.39 is 15.7 Å². The summed E-state index contributed by atoms with van der Waals surface area (Å²) in [6.45, 7) is 0. The Kier molecular flexibility index (Phi) is 3.48. The third-order valence-corrected chi connectivity index (χ3v) is 6.47. The molecule has 1 saturated heterocycles. The van der Waals surface area contributed by atoms with Gasteiger partial charge in [0.15, 0.2) is 0 Å². The Balaban J connectivity index is 1.64. The molecule has 0 aromatic heterocycles. The summed E-state index contributed by atoms with van der Waals surface area (Å²) in [6, 6.07) is 4.12. The van der Waals surface area contributed by atoms with Gasteiger partial charge in [0, 0.05) is 11.6 Å². The minimum Gasteiger partial charge on any atom is -0.326 e. The average Bonchev–Trinajstić information content (AvgIpc) is 3.13. The van der Waals surface area contributed by atoms with Gasteiger partial charge in [-0.1, -0.05) is 11.6 Å². The first-order chi connectivity index (χ1) is 9.81. The molecule has 1 aromatic carbocycles. The number of benzene rings is 1. The second kappa shape index (κ2) is 4.95. The fourth-order valence-corrected chi connectivity index (χ4v) is 4.78. The van der Waals surface area contributed by atoms with E-state index in [2.05, 4.69) is 5.32 Å². The lowest BCUT2D eigenvalue weighted by atomic mass is 9.96. The molecule has 1 aliphatic carbocycles. The zero-order valence-electron chi connectivity index (χ0n) is 11.2. The van der Waals surface area contributed by atoms with E-state index in [-0.39, 0.29) is 33.8 Å². The summed E-state index contributed by atoms with van der Waals surface area (Å²) in [6.07, 6.45) is 1.80. The van der Waals surface area contributed by atoms with E-state index >= 15 is 0 Å². The number of hydrogen-bond donors (Lipinski definition) is 1. The fourth-order valence-electron chi connectivity index (χ4n) is 3.02. The van der Waals surface area contributed by atoms with Gasteiger partial charge in [0.05, 0.1) is 16.5 Å². The third kappa shape index (κ3) is 2.92. The van der Waals surface area contributed by atoms with E-state index in [1.54, 1.807) is 6.07 Å². The molecular weight excluding hydrogens is 317 g/mol. The lowest BCUT2D eigenvalue weighted by Crippen LogP contribution is -2.28. The summed E-state index contributed by atoms with van der Waals surface area (Å²) in [5.74, 6) is -0.606. The standard InChI is InChI=1S/C14H15ClFNO3S/c15-11-2-1-9(7-12(11)16)17-13(18)10-8-14(10)3-5-21(19,20)6-4-14/h1-2,7,10H,3-6,8H2,(H,17,18)/t10-/m1/s1. The Morgan fingerprint density at radius 2 is 2.00 bits per heavy atom. The number of sulfone groups is 1. The second-order valence-electron chi connectivity index (χ2n) is 5.89. The molecule has 1 amide bonds. The molecule has 114 valence electrons. The van der Waals surface area contributed by atoms with Gasteiger partial charge in [0.1, 0.15) is 15.7 Å². The van der Waals surface area contributed by atoms with Crippen LogP contribution in [0.5, 0.6) is 0 Å². The molecule has 2 fully saturated rings. The number of rotatable bonds is 2. The van der Waals surface area contributed by atoms with E-state index in [1.165, 1.54) is 12.1 Å². The highest BCUT2D eigenvalue weighted by Crippen LogP contribution is 2.60. The smallest absolute Gasteiger partial charge is 0.228 e. The van der Waals surface area contributed by atoms with Crippen LogP contribution in [0.25, 0.3) is 0 Å². The topological polar surface area (TPSA) is 63.2 Å². The molecule has 0 bridgehead atoms. The van der Waals surface area contributed by atoms with Gasteiger partial charge in [-0.3, -0.25) is 4.79 Å². The zero-order chi connectivity index (χ0) is 15.3. The van der Waals surface area contributed by atoms with Crippen LogP contribution in [0.15, 0.2) is 18.2 Å². The molecular formula is C14H15ClFNO3S. The number of halogens is 2. The Morgan fingerprint density at radius 3 is 2.62 bits per heavy atom. The third-order valence-electron chi connectivity index (χ3n) is 4.52. The van der Waals surface area contributed by atoms with Crippen LogP contribution in [-0.2, 0) is 14.6 Å². The van der Waals surface area contributed by atoms with E-state index in [9.17, 15) is 17.6 Å². The van der Waals surface area contributed by atoms with Crippen molar-refractivity contribution < 1.29 is 17.6 Å². The van der Waals surface area contributed by atoms with Crippen molar-refractivity contribution >= 4 is 33.0 Å². The van der Waals surface area contributed by atoms with Crippen LogP contribution in [0, 0.1) is 17.2 Å². The minimum absolute atomic E-state index is 0.00776.